The maximum absolute atomic E-state index is 10.6. The number of carbonyl (C=O) groups is 1. The molecule has 0 fully saturated rings. The second kappa shape index (κ2) is 5.09. The molecule has 0 aromatic rings. The van der Waals surface area contributed by atoms with Gasteiger partial charge in [-0.2, -0.15) is 0 Å². The summed E-state index contributed by atoms with van der Waals surface area (Å²) in [5.41, 5.74) is 0. The lowest BCUT2D eigenvalue weighted by atomic mass is 10.2. The molecule has 0 saturated carbocycles. The number of thiocarbonyl (C=S) groups is 1. The molecule has 0 aromatic heterocycles. The van der Waals surface area contributed by atoms with Gasteiger partial charge < -0.3 is 9.47 Å². The van der Waals surface area contributed by atoms with Crippen LogP contribution in [0.25, 0.3) is 0 Å². The maximum atomic E-state index is 10.6. The van der Waals surface area contributed by atoms with Crippen molar-refractivity contribution >= 4 is 23.2 Å². The number of esters is 1. The average molecular weight is 190 g/mol. The Morgan fingerprint density at radius 2 is 1.75 bits per heavy atom. The van der Waals surface area contributed by atoms with E-state index in [2.05, 4.69) is 0 Å². The summed E-state index contributed by atoms with van der Waals surface area (Å²) >= 11 is 4.73. The van der Waals surface area contributed by atoms with Crippen molar-refractivity contribution in [2.24, 2.45) is 5.92 Å². The molecule has 0 heterocycles. The minimum absolute atomic E-state index is 0.104. The molecule has 12 heavy (non-hydrogen) atoms. The van der Waals surface area contributed by atoms with E-state index >= 15 is 0 Å². The maximum Gasteiger partial charge on any atom is 0.305 e. The Kier molecular flexibility index (Phi) is 4.81. The molecule has 1 unspecified atom stereocenters. The van der Waals surface area contributed by atoms with Crippen LogP contribution in [0.4, 0.5) is 0 Å². The van der Waals surface area contributed by atoms with Crippen molar-refractivity contribution in [1.82, 2.24) is 0 Å². The first-order valence-corrected chi connectivity index (χ1v) is 4.18. The first-order valence-electron chi connectivity index (χ1n) is 3.78. The minimum atomic E-state index is -0.556. The Hall–Kier alpha value is -0.640. The van der Waals surface area contributed by atoms with Gasteiger partial charge in [0.05, 0.1) is 0 Å². The summed E-state index contributed by atoms with van der Waals surface area (Å²) in [5.74, 6) is -0.253. The van der Waals surface area contributed by atoms with Crippen molar-refractivity contribution in [2.45, 2.75) is 34.0 Å². The van der Waals surface area contributed by atoms with E-state index in [-0.39, 0.29) is 11.9 Å². The van der Waals surface area contributed by atoms with Gasteiger partial charge in [-0.3, -0.25) is 4.79 Å². The molecule has 70 valence electrons. The van der Waals surface area contributed by atoms with Crippen LogP contribution in [-0.4, -0.2) is 17.3 Å². The number of hydrogen-bond acceptors (Lipinski definition) is 4. The van der Waals surface area contributed by atoms with Crippen LogP contribution in [0.15, 0.2) is 0 Å². The van der Waals surface area contributed by atoms with Gasteiger partial charge in [0.1, 0.15) is 0 Å². The molecule has 1 atom stereocenters. The normalized spacial score (nSPS) is 12.4. The molecule has 0 amide bonds. The summed E-state index contributed by atoms with van der Waals surface area (Å²) in [4.78, 5) is 10.6. The first kappa shape index (κ1) is 11.4. The summed E-state index contributed by atoms with van der Waals surface area (Å²) < 4.78 is 9.98. The van der Waals surface area contributed by atoms with E-state index in [1.807, 2.05) is 13.8 Å². The van der Waals surface area contributed by atoms with Crippen LogP contribution in [0.5, 0.6) is 0 Å². The van der Waals surface area contributed by atoms with E-state index in [1.165, 1.54) is 6.92 Å². The van der Waals surface area contributed by atoms with E-state index in [9.17, 15) is 4.79 Å². The van der Waals surface area contributed by atoms with Crippen molar-refractivity contribution in [2.75, 3.05) is 0 Å². The van der Waals surface area contributed by atoms with Gasteiger partial charge >= 0.3 is 5.97 Å². The highest BCUT2D eigenvalue weighted by molar-refractivity contribution is 7.80. The largest absolute Gasteiger partial charge is 0.448 e. The highest BCUT2D eigenvalue weighted by Gasteiger charge is 2.17. The minimum Gasteiger partial charge on any atom is -0.448 e. The summed E-state index contributed by atoms with van der Waals surface area (Å²) in [6, 6.07) is 0. The monoisotopic (exact) mass is 190 g/mol. The molecule has 0 radical (unpaired) electrons. The topological polar surface area (TPSA) is 35.5 Å². The van der Waals surface area contributed by atoms with Gasteiger partial charge in [0.2, 0.25) is 6.29 Å². The molecule has 0 spiro atoms. The van der Waals surface area contributed by atoms with Crippen LogP contribution in [0, 0.1) is 5.92 Å². The summed E-state index contributed by atoms with van der Waals surface area (Å²) in [6.45, 7) is 6.78. The van der Waals surface area contributed by atoms with Crippen molar-refractivity contribution in [1.29, 1.82) is 0 Å². The smallest absolute Gasteiger partial charge is 0.305 e. The fourth-order valence-corrected chi connectivity index (χ4v) is 0.718. The summed E-state index contributed by atoms with van der Waals surface area (Å²) in [6.07, 6.45) is -0.556. The summed E-state index contributed by atoms with van der Waals surface area (Å²) in [7, 11) is 0. The highest BCUT2D eigenvalue weighted by atomic mass is 32.1. The van der Waals surface area contributed by atoms with E-state index in [0.717, 1.165) is 0 Å². The van der Waals surface area contributed by atoms with Crippen LogP contribution in [0.2, 0.25) is 0 Å². The van der Waals surface area contributed by atoms with Crippen molar-refractivity contribution in [3.8, 4) is 0 Å². The molecule has 0 saturated heterocycles. The van der Waals surface area contributed by atoms with Gasteiger partial charge in [-0.05, 0) is 12.2 Å². The van der Waals surface area contributed by atoms with Gasteiger partial charge in [-0.25, -0.2) is 0 Å². The van der Waals surface area contributed by atoms with Crippen molar-refractivity contribution < 1.29 is 14.3 Å². The molecule has 0 aliphatic carbocycles. The third-order valence-electron chi connectivity index (χ3n) is 1.11. The molecule has 0 aliphatic heterocycles. The Bertz CT molecular complexity index is 161. The predicted octanol–water partition coefficient (Wildman–Crippen LogP) is 1.90. The van der Waals surface area contributed by atoms with Gasteiger partial charge in [-0.15, -0.1) is 0 Å². The second-order valence-corrected chi connectivity index (χ2v) is 3.41. The molecular weight excluding hydrogens is 176 g/mol. The number of hydrogen-bond donors (Lipinski definition) is 0. The van der Waals surface area contributed by atoms with E-state index in [0.29, 0.717) is 5.05 Å². The van der Waals surface area contributed by atoms with E-state index in [4.69, 9.17) is 21.7 Å². The molecule has 0 N–H and O–H groups in total. The van der Waals surface area contributed by atoms with Crippen LogP contribution < -0.4 is 0 Å². The first-order chi connectivity index (χ1) is 5.43. The molecule has 4 heteroatoms. The number of rotatable bonds is 3. The van der Waals surface area contributed by atoms with Crippen LogP contribution in [-0.2, 0) is 14.3 Å². The van der Waals surface area contributed by atoms with E-state index < -0.39 is 6.29 Å². The molecule has 3 nitrogen and oxygen atoms in total. The highest BCUT2D eigenvalue weighted by Crippen LogP contribution is 2.09. The Morgan fingerprint density at radius 3 is 2.00 bits per heavy atom. The molecular formula is C8H14O3S. The predicted molar refractivity (Wildman–Crippen MR) is 49.7 cm³/mol. The van der Waals surface area contributed by atoms with Gasteiger partial charge in [0.15, 0.2) is 5.05 Å². The van der Waals surface area contributed by atoms with Gasteiger partial charge in [0.25, 0.3) is 0 Å². The Balaban J connectivity index is 4.04. The lowest BCUT2D eigenvalue weighted by Gasteiger charge is -2.20. The fourth-order valence-electron chi connectivity index (χ4n) is 0.623. The second-order valence-electron chi connectivity index (χ2n) is 2.83. The molecule has 0 aliphatic rings. The number of ether oxygens (including phenoxy) is 2. The third kappa shape index (κ3) is 5.07. The molecule has 0 aromatic carbocycles. The number of carbonyl (C=O) groups excluding carboxylic acids is 1. The zero-order valence-electron chi connectivity index (χ0n) is 7.79. The van der Waals surface area contributed by atoms with Crippen molar-refractivity contribution in [3.05, 3.63) is 0 Å². The summed E-state index contributed by atoms with van der Waals surface area (Å²) in [5, 5.41) is 0.384. The Labute approximate surface area is 78.0 Å². The van der Waals surface area contributed by atoms with Gasteiger partial charge in [0, 0.05) is 19.8 Å². The van der Waals surface area contributed by atoms with Gasteiger partial charge in [-0.1, -0.05) is 13.8 Å². The molecule has 0 rings (SSSR count). The SMILES string of the molecule is CC(=O)OC(OC(C)=S)C(C)C. The third-order valence-corrected chi connectivity index (χ3v) is 1.20. The van der Waals surface area contributed by atoms with Crippen LogP contribution >= 0.6 is 12.2 Å². The zero-order valence-corrected chi connectivity index (χ0v) is 8.60. The lowest BCUT2D eigenvalue weighted by Crippen LogP contribution is -2.26. The fraction of sp³-hybridized carbons (Fsp3) is 0.750. The zero-order chi connectivity index (χ0) is 9.72. The Morgan fingerprint density at radius 1 is 1.25 bits per heavy atom. The van der Waals surface area contributed by atoms with E-state index in [1.54, 1.807) is 6.92 Å². The van der Waals surface area contributed by atoms with Crippen LogP contribution in [0.1, 0.15) is 27.7 Å². The molecule has 0 bridgehead atoms. The quantitative estimate of drug-likeness (QED) is 0.387. The van der Waals surface area contributed by atoms with Crippen LogP contribution in [0.3, 0.4) is 0 Å². The van der Waals surface area contributed by atoms with Crippen molar-refractivity contribution in [3.63, 3.8) is 0 Å². The standard InChI is InChI=1S/C8H14O3S/c1-5(2)8(10-6(3)9)11-7(4)12/h5,8H,1-4H3. The average Bonchev–Trinajstić information content (AvgIpc) is 1.83. The lowest BCUT2D eigenvalue weighted by molar-refractivity contribution is -0.168.